The minimum Gasteiger partial charge on any atom is -0.497 e. The zero-order valence-electron chi connectivity index (χ0n) is 11.7. The number of hydrogen-bond acceptors (Lipinski definition) is 3. The Kier molecular flexibility index (Phi) is 4.99. The van der Waals surface area contributed by atoms with E-state index in [-0.39, 0.29) is 0 Å². The quantitative estimate of drug-likeness (QED) is 0.761. The Bertz CT molecular complexity index is 578. The summed E-state index contributed by atoms with van der Waals surface area (Å²) in [4.78, 5) is 0. The van der Waals surface area contributed by atoms with Gasteiger partial charge in [0.15, 0.2) is 0 Å². The van der Waals surface area contributed by atoms with Crippen molar-refractivity contribution in [3.63, 3.8) is 0 Å². The van der Waals surface area contributed by atoms with Gasteiger partial charge in [-0.25, -0.2) is 0 Å². The molecule has 2 aromatic rings. The maximum absolute atomic E-state index is 12.3. The maximum Gasteiger partial charge on any atom is 0.347 e. The predicted octanol–water partition coefficient (Wildman–Crippen LogP) is 4.57. The van der Waals surface area contributed by atoms with E-state index in [0.29, 0.717) is 22.9 Å². The SMILES string of the molecule is COc1ccc(NP(=O)(Cl)Nc2ccc(OC)cc2)cc1. The van der Waals surface area contributed by atoms with E-state index >= 15 is 0 Å². The minimum atomic E-state index is -3.29. The standard InChI is InChI=1S/C14H16ClN2O3P/c1-19-13-7-3-11(4-8-13)16-21(15,18)17-12-5-9-14(20-2)10-6-12/h3-10H,1-2H3,(H2,16,17,18). The van der Waals surface area contributed by atoms with Crippen LogP contribution < -0.4 is 19.6 Å². The monoisotopic (exact) mass is 326 g/mol. The molecule has 0 atom stereocenters. The Balaban J connectivity index is 2.04. The average molecular weight is 327 g/mol. The van der Waals surface area contributed by atoms with E-state index in [2.05, 4.69) is 10.2 Å². The van der Waals surface area contributed by atoms with Crippen molar-refractivity contribution in [1.29, 1.82) is 0 Å². The lowest BCUT2D eigenvalue weighted by molar-refractivity contribution is 0.415. The number of rotatable bonds is 6. The first-order chi connectivity index (χ1) is 10.0. The smallest absolute Gasteiger partial charge is 0.347 e. The highest BCUT2D eigenvalue weighted by Crippen LogP contribution is 2.50. The summed E-state index contributed by atoms with van der Waals surface area (Å²) in [5, 5.41) is 5.54. The number of methoxy groups -OCH3 is 2. The van der Waals surface area contributed by atoms with Crippen LogP contribution in [0.1, 0.15) is 0 Å². The van der Waals surface area contributed by atoms with E-state index in [1.807, 2.05) is 0 Å². The van der Waals surface area contributed by atoms with Crippen molar-refractivity contribution in [3.8, 4) is 11.5 Å². The van der Waals surface area contributed by atoms with Gasteiger partial charge < -0.3 is 19.6 Å². The van der Waals surface area contributed by atoms with Gasteiger partial charge in [-0.2, -0.15) is 0 Å². The fourth-order valence-corrected chi connectivity index (χ4v) is 3.29. The Morgan fingerprint density at radius 3 is 1.43 bits per heavy atom. The molecule has 2 N–H and O–H groups in total. The summed E-state index contributed by atoms with van der Waals surface area (Å²) in [5.41, 5.74) is 1.27. The van der Waals surface area contributed by atoms with Crippen molar-refractivity contribution in [2.75, 3.05) is 24.4 Å². The molecule has 0 saturated carbocycles. The van der Waals surface area contributed by atoms with Crippen LogP contribution in [0.3, 0.4) is 0 Å². The first-order valence-electron chi connectivity index (χ1n) is 6.17. The number of hydrogen-bond donors (Lipinski definition) is 2. The third kappa shape index (κ3) is 4.59. The Morgan fingerprint density at radius 2 is 1.14 bits per heavy atom. The van der Waals surface area contributed by atoms with Gasteiger partial charge in [0, 0.05) is 11.4 Å². The number of benzene rings is 2. The van der Waals surface area contributed by atoms with Crippen molar-refractivity contribution in [2.45, 2.75) is 0 Å². The molecule has 0 aliphatic rings. The number of anilines is 2. The first kappa shape index (κ1) is 15.5. The highest BCUT2D eigenvalue weighted by atomic mass is 35.7. The Labute approximate surface area is 128 Å². The van der Waals surface area contributed by atoms with Crippen LogP contribution in [0, 0.1) is 0 Å². The van der Waals surface area contributed by atoms with E-state index in [1.165, 1.54) is 0 Å². The maximum atomic E-state index is 12.3. The number of ether oxygens (including phenoxy) is 2. The molecule has 0 heterocycles. The van der Waals surface area contributed by atoms with Gasteiger partial charge in [-0.3, -0.25) is 4.57 Å². The fourth-order valence-electron chi connectivity index (χ4n) is 1.69. The molecule has 0 bridgehead atoms. The molecular weight excluding hydrogens is 311 g/mol. The summed E-state index contributed by atoms with van der Waals surface area (Å²) < 4.78 is 22.5. The molecule has 7 heteroatoms. The van der Waals surface area contributed by atoms with E-state index in [9.17, 15) is 4.57 Å². The van der Waals surface area contributed by atoms with E-state index in [1.54, 1.807) is 62.8 Å². The first-order valence-corrected chi connectivity index (χ1v) is 8.78. The Hall–Kier alpha value is -1.84. The summed E-state index contributed by atoms with van der Waals surface area (Å²) in [6.45, 7) is -3.29. The third-order valence-corrected chi connectivity index (χ3v) is 4.32. The lowest BCUT2D eigenvalue weighted by Gasteiger charge is -2.16. The van der Waals surface area contributed by atoms with E-state index in [0.717, 1.165) is 0 Å². The molecule has 0 saturated heterocycles. The van der Waals surface area contributed by atoms with Crippen LogP contribution in [0.4, 0.5) is 11.4 Å². The summed E-state index contributed by atoms with van der Waals surface area (Å²) in [6.07, 6.45) is 0. The number of nitrogens with one attached hydrogen (secondary N) is 2. The van der Waals surface area contributed by atoms with Gasteiger partial charge in [-0.15, -0.1) is 0 Å². The molecule has 0 radical (unpaired) electrons. The van der Waals surface area contributed by atoms with Gasteiger partial charge in [-0.05, 0) is 59.8 Å². The third-order valence-electron chi connectivity index (χ3n) is 2.73. The second-order valence-electron chi connectivity index (χ2n) is 4.21. The topological polar surface area (TPSA) is 59.6 Å². The van der Waals surface area contributed by atoms with Crippen LogP contribution in [0.5, 0.6) is 11.5 Å². The van der Waals surface area contributed by atoms with Gasteiger partial charge in [-0.1, -0.05) is 0 Å². The van der Waals surface area contributed by atoms with Gasteiger partial charge in [0.25, 0.3) is 0 Å². The number of halogens is 1. The van der Waals surface area contributed by atoms with E-state index < -0.39 is 6.80 Å². The predicted molar refractivity (Wildman–Crippen MR) is 86.7 cm³/mol. The highest BCUT2D eigenvalue weighted by molar-refractivity contribution is 7.91. The molecule has 0 fully saturated rings. The summed E-state index contributed by atoms with van der Waals surface area (Å²) in [5.74, 6) is 1.43. The van der Waals surface area contributed by atoms with Crippen LogP contribution in [0.25, 0.3) is 0 Å². The lowest BCUT2D eigenvalue weighted by Crippen LogP contribution is -2.01. The minimum absolute atomic E-state index is 0.634. The van der Waals surface area contributed by atoms with Crippen LogP contribution in [0.15, 0.2) is 48.5 Å². The van der Waals surface area contributed by atoms with Crippen molar-refractivity contribution in [3.05, 3.63) is 48.5 Å². The van der Waals surface area contributed by atoms with Gasteiger partial charge >= 0.3 is 6.80 Å². The lowest BCUT2D eigenvalue weighted by atomic mass is 10.3. The molecule has 0 aliphatic carbocycles. The van der Waals surface area contributed by atoms with Crippen molar-refractivity contribution < 1.29 is 14.0 Å². The van der Waals surface area contributed by atoms with Crippen molar-refractivity contribution in [2.24, 2.45) is 0 Å². The molecule has 21 heavy (non-hydrogen) atoms. The van der Waals surface area contributed by atoms with Gasteiger partial charge in [0.05, 0.1) is 14.2 Å². The second-order valence-corrected chi connectivity index (χ2v) is 7.15. The molecule has 0 aromatic heterocycles. The molecule has 0 amide bonds. The molecule has 112 valence electrons. The molecule has 0 unspecified atom stereocenters. The van der Waals surface area contributed by atoms with Crippen LogP contribution in [0.2, 0.25) is 0 Å². The molecule has 0 aliphatic heterocycles. The zero-order valence-corrected chi connectivity index (χ0v) is 13.3. The van der Waals surface area contributed by atoms with Crippen molar-refractivity contribution in [1.82, 2.24) is 0 Å². The zero-order chi connectivity index (χ0) is 15.3. The summed E-state index contributed by atoms with van der Waals surface area (Å²) in [7, 11) is 3.17. The largest absolute Gasteiger partial charge is 0.497 e. The Morgan fingerprint density at radius 1 is 0.810 bits per heavy atom. The average Bonchev–Trinajstić information content (AvgIpc) is 2.48. The van der Waals surface area contributed by atoms with Crippen LogP contribution in [-0.2, 0) is 4.57 Å². The second kappa shape index (κ2) is 6.74. The van der Waals surface area contributed by atoms with Gasteiger partial charge in [0.2, 0.25) is 0 Å². The van der Waals surface area contributed by atoms with Crippen molar-refractivity contribution >= 4 is 29.4 Å². The molecular formula is C14H16ClN2O3P. The molecule has 0 spiro atoms. The summed E-state index contributed by atoms with van der Waals surface area (Å²) in [6, 6.07) is 14.0. The van der Waals surface area contributed by atoms with Crippen LogP contribution in [-0.4, -0.2) is 14.2 Å². The highest BCUT2D eigenvalue weighted by Gasteiger charge is 2.18. The fraction of sp³-hybridized carbons (Fsp3) is 0.143. The molecule has 5 nitrogen and oxygen atoms in total. The molecule has 2 rings (SSSR count). The normalized spacial score (nSPS) is 10.8. The van der Waals surface area contributed by atoms with Crippen LogP contribution >= 0.6 is 18.0 Å². The van der Waals surface area contributed by atoms with E-state index in [4.69, 9.17) is 20.7 Å². The van der Waals surface area contributed by atoms with Gasteiger partial charge in [0.1, 0.15) is 11.5 Å². The summed E-state index contributed by atoms with van der Waals surface area (Å²) >= 11 is 6.02. The molecule has 2 aromatic carbocycles.